The van der Waals surface area contributed by atoms with Gasteiger partial charge in [0, 0.05) is 12.6 Å². The molecule has 2 rings (SSSR count). The number of nitrogens with zero attached hydrogens (tertiary/aromatic N) is 1. The van der Waals surface area contributed by atoms with Gasteiger partial charge in [-0.2, -0.15) is 0 Å². The van der Waals surface area contributed by atoms with E-state index in [2.05, 4.69) is 0 Å². The van der Waals surface area contributed by atoms with E-state index in [-0.39, 0.29) is 11.8 Å². The van der Waals surface area contributed by atoms with E-state index in [4.69, 9.17) is 10.2 Å². The molecule has 1 aromatic carbocycles. The third-order valence-electron chi connectivity index (χ3n) is 2.85. The lowest BCUT2D eigenvalue weighted by Gasteiger charge is -2.14. The smallest absolute Gasteiger partial charge is 0.408 e. The standard InChI is InChI=1S/C12H16N2O3/c1-3-14-9-5-4-8(11(15)7(2)13)6-10(9)17-12(14)16/h4-7,11,15H,3,13H2,1-2H3. The molecule has 0 fully saturated rings. The van der Waals surface area contributed by atoms with Gasteiger partial charge in [-0.1, -0.05) is 6.07 Å². The summed E-state index contributed by atoms with van der Waals surface area (Å²) in [5.41, 5.74) is 7.50. The number of aromatic nitrogens is 1. The molecule has 2 unspecified atom stereocenters. The van der Waals surface area contributed by atoms with Gasteiger partial charge in [0.15, 0.2) is 5.58 Å². The second kappa shape index (κ2) is 4.35. The highest BCUT2D eigenvalue weighted by atomic mass is 16.4. The number of oxazole rings is 1. The van der Waals surface area contributed by atoms with E-state index in [1.54, 1.807) is 25.1 Å². The number of rotatable bonds is 3. The lowest BCUT2D eigenvalue weighted by Crippen LogP contribution is -2.24. The maximum absolute atomic E-state index is 11.5. The van der Waals surface area contributed by atoms with Crippen molar-refractivity contribution in [1.82, 2.24) is 4.57 Å². The van der Waals surface area contributed by atoms with Gasteiger partial charge in [-0.3, -0.25) is 4.57 Å². The summed E-state index contributed by atoms with van der Waals surface area (Å²) in [6, 6.07) is 4.83. The van der Waals surface area contributed by atoms with Crippen LogP contribution in [0.5, 0.6) is 0 Å². The summed E-state index contributed by atoms with van der Waals surface area (Å²) in [7, 11) is 0. The van der Waals surface area contributed by atoms with Crippen molar-refractivity contribution in [1.29, 1.82) is 0 Å². The van der Waals surface area contributed by atoms with Crippen molar-refractivity contribution in [2.24, 2.45) is 5.73 Å². The monoisotopic (exact) mass is 236 g/mol. The number of hydrogen-bond donors (Lipinski definition) is 2. The maximum Gasteiger partial charge on any atom is 0.419 e. The van der Waals surface area contributed by atoms with Gasteiger partial charge in [-0.25, -0.2) is 4.79 Å². The fraction of sp³-hybridized carbons (Fsp3) is 0.417. The van der Waals surface area contributed by atoms with Gasteiger partial charge in [-0.05, 0) is 31.5 Å². The molecule has 2 atom stereocenters. The topological polar surface area (TPSA) is 81.4 Å². The fourth-order valence-corrected chi connectivity index (χ4v) is 1.87. The molecule has 0 saturated heterocycles. The minimum atomic E-state index is -0.755. The molecule has 0 radical (unpaired) electrons. The summed E-state index contributed by atoms with van der Waals surface area (Å²) in [5.74, 6) is -0.380. The van der Waals surface area contributed by atoms with Crippen molar-refractivity contribution in [2.45, 2.75) is 32.5 Å². The van der Waals surface area contributed by atoms with Crippen LogP contribution in [0.3, 0.4) is 0 Å². The van der Waals surface area contributed by atoms with E-state index in [0.29, 0.717) is 17.7 Å². The van der Waals surface area contributed by atoms with Crippen LogP contribution >= 0.6 is 0 Å². The van der Waals surface area contributed by atoms with Crippen LogP contribution < -0.4 is 11.5 Å². The second-order valence-electron chi connectivity index (χ2n) is 4.14. The number of fused-ring (bicyclic) bond motifs is 1. The molecule has 92 valence electrons. The summed E-state index contributed by atoms with van der Waals surface area (Å²) >= 11 is 0. The first-order valence-corrected chi connectivity index (χ1v) is 5.61. The highest BCUT2D eigenvalue weighted by Crippen LogP contribution is 2.21. The van der Waals surface area contributed by atoms with Crippen LogP contribution in [-0.2, 0) is 6.54 Å². The van der Waals surface area contributed by atoms with Crippen molar-refractivity contribution in [3.63, 3.8) is 0 Å². The molecule has 0 amide bonds. The predicted molar refractivity (Wildman–Crippen MR) is 64.8 cm³/mol. The van der Waals surface area contributed by atoms with Gasteiger partial charge in [-0.15, -0.1) is 0 Å². The minimum absolute atomic E-state index is 0.368. The Morgan fingerprint density at radius 1 is 1.53 bits per heavy atom. The van der Waals surface area contributed by atoms with E-state index < -0.39 is 6.10 Å². The number of aryl methyl sites for hydroxylation is 1. The Bertz CT molecular complexity index is 583. The molecule has 5 heteroatoms. The normalized spacial score (nSPS) is 15.1. The highest BCUT2D eigenvalue weighted by molar-refractivity contribution is 5.73. The van der Waals surface area contributed by atoms with E-state index >= 15 is 0 Å². The van der Waals surface area contributed by atoms with Crippen LogP contribution in [-0.4, -0.2) is 15.7 Å². The Kier molecular flexibility index (Phi) is 3.04. The average Bonchev–Trinajstić information content (AvgIpc) is 2.61. The van der Waals surface area contributed by atoms with E-state index in [0.717, 1.165) is 5.52 Å². The third-order valence-corrected chi connectivity index (χ3v) is 2.85. The quantitative estimate of drug-likeness (QED) is 0.832. The van der Waals surface area contributed by atoms with Gasteiger partial charge < -0.3 is 15.3 Å². The van der Waals surface area contributed by atoms with E-state index in [9.17, 15) is 9.90 Å². The SMILES string of the molecule is CCn1c(=O)oc2cc(C(O)C(C)N)ccc21. The first kappa shape index (κ1) is 11.9. The van der Waals surface area contributed by atoms with Crippen LogP contribution in [0.2, 0.25) is 0 Å². The summed E-state index contributed by atoms with van der Waals surface area (Å²) < 4.78 is 6.66. The van der Waals surface area contributed by atoms with Gasteiger partial charge >= 0.3 is 5.76 Å². The average molecular weight is 236 g/mol. The Hall–Kier alpha value is -1.59. The maximum atomic E-state index is 11.5. The van der Waals surface area contributed by atoms with Crippen LogP contribution in [0.4, 0.5) is 0 Å². The molecule has 2 aromatic rings. The minimum Gasteiger partial charge on any atom is -0.408 e. The Morgan fingerprint density at radius 2 is 2.24 bits per heavy atom. The van der Waals surface area contributed by atoms with E-state index in [1.165, 1.54) is 4.57 Å². The number of benzene rings is 1. The molecule has 3 N–H and O–H groups in total. The van der Waals surface area contributed by atoms with Crippen molar-refractivity contribution >= 4 is 11.1 Å². The van der Waals surface area contributed by atoms with Gasteiger partial charge in [0.1, 0.15) is 0 Å². The largest absolute Gasteiger partial charge is 0.419 e. The number of aliphatic hydroxyl groups excluding tert-OH is 1. The second-order valence-corrected chi connectivity index (χ2v) is 4.14. The van der Waals surface area contributed by atoms with Crippen molar-refractivity contribution in [3.05, 3.63) is 34.3 Å². The zero-order chi connectivity index (χ0) is 12.6. The molecule has 0 aliphatic carbocycles. The molecule has 0 aliphatic heterocycles. The molecule has 0 aliphatic rings. The molecule has 0 saturated carbocycles. The zero-order valence-corrected chi connectivity index (χ0v) is 9.88. The lowest BCUT2D eigenvalue weighted by atomic mass is 10.0. The third kappa shape index (κ3) is 1.99. The van der Waals surface area contributed by atoms with Crippen molar-refractivity contribution in [3.8, 4) is 0 Å². The molecule has 0 bridgehead atoms. The Morgan fingerprint density at radius 3 is 2.82 bits per heavy atom. The number of nitrogens with two attached hydrogens (primary N) is 1. The van der Waals surface area contributed by atoms with Crippen molar-refractivity contribution < 1.29 is 9.52 Å². The number of aliphatic hydroxyl groups is 1. The molecular weight excluding hydrogens is 220 g/mol. The first-order chi connectivity index (χ1) is 8.04. The molecular formula is C12H16N2O3. The zero-order valence-electron chi connectivity index (χ0n) is 9.88. The highest BCUT2D eigenvalue weighted by Gasteiger charge is 2.15. The van der Waals surface area contributed by atoms with Crippen LogP contribution in [0.1, 0.15) is 25.5 Å². The predicted octanol–water partition coefficient (Wildman–Crippen LogP) is 0.995. The summed E-state index contributed by atoms with van der Waals surface area (Å²) in [6.45, 7) is 4.16. The van der Waals surface area contributed by atoms with E-state index in [1.807, 2.05) is 6.92 Å². The van der Waals surface area contributed by atoms with Crippen LogP contribution in [0, 0.1) is 0 Å². The van der Waals surface area contributed by atoms with Gasteiger partial charge in [0.25, 0.3) is 0 Å². The lowest BCUT2D eigenvalue weighted by molar-refractivity contribution is 0.153. The Balaban J connectivity index is 2.56. The van der Waals surface area contributed by atoms with Gasteiger partial charge in [0.2, 0.25) is 0 Å². The fourth-order valence-electron chi connectivity index (χ4n) is 1.87. The first-order valence-electron chi connectivity index (χ1n) is 5.61. The van der Waals surface area contributed by atoms with Crippen LogP contribution in [0.25, 0.3) is 11.1 Å². The molecule has 5 nitrogen and oxygen atoms in total. The van der Waals surface area contributed by atoms with Gasteiger partial charge in [0.05, 0.1) is 11.6 Å². The van der Waals surface area contributed by atoms with Crippen LogP contribution in [0.15, 0.2) is 27.4 Å². The molecule has 1 aromatic heterocycles. The van der Waals surface area contributed by atoms with Crippen molar-refractivity contribution in [2.75, 3.05) is 0 Å². The summed E-state index contributed by atoms with van der Waals surface area (Å²) in [5, 5.41) is 9.84. The number of hydrogen-bond acceptors (Lipinski definition) is 4. The molecule has 1 heterocycles. The summed E-state index contributed by atoms with van der Waals surface area (Å²) in [4.78, 5) is 11.5. The molecule has 0 spiro atoms. The summed E-state index contributed by atoms with van der Waals surface area (Å²) in [6.07, 6.45) is -0.755. The molecule has 17 heavy (non-hydrogen) atoms. The Labute approximate surface area is 98.5 Å².